The Labute approximate surface area is 30.2 Å². The molecular weight excluding hydrogens is 84.2 g/mol. The van der Waals surface area contributed by atoms with Crippen molar-refractivity contribution in [3.05, 3.63) is 0 Å². The fourth-order valence-electron chi connectivity index (χ4n) is 0.0722. The maximum Gasteiger partial charge on any atom is 0.213 e. The highest BCUT2D eigenvalue weighted by Gasteiger charge is 2.01. The summed E-state index contributed by atoms with van der Waals surface area (Å²) in [7, 11) is 1.67. The Hall–Kier alpha value is 0.394. The van der Waals surface area contributed by atoms with Crippen molar-refractivity contribution in [1.82, 2.24) is 0 Å². The molecule has 0 aromatic rings. The maximum absolute atomic E-state index is 4.78. The summed E-state index contributed by atoms with van der Waals surface area (Å²) in [5.41, 5.74) is 1.33. The Balaban J connectivity index is 2.00. The molecule has 1 nitrogen and oxygen atoms in total. The lowest BCUT2D eigenvalue weighted by Gasteiger charge is -2.04. The summed E-state index contributed by atoms with van der Waals surface area (Å²) in [5, 5.41) is 0. The quantitative estimate of drug-likeness (QED) is 0.365. The van der Waals surface area contributed by atoms with Crippen LogP contribution in [-0.2, 0) is 4.12 Å². The fraction of sp³-hybridized carbons (Fsp3) is 1.00. The molecule has 0 aromatic heterocycles. The van der Waals surface area contributed by atoms with Gasteiger partial charge in [0.25, 0.3) is 0 Å². The van der Waals surface area contributed by atoms with Crippen LogP contribution in [0.5, 0.6) is 0 Å². The third-order valence-electron chi connectivity index (χ3n) is 0.289. The van der Waals surface area contributed by atoms with Gasteiger partial charge in [-0.15, -0.1) is 0 Å². The van der Waals surface area contributed by atoms with Crippen LogP contribution < -0.4 is 0 Å². The minimum atomic E-state index is 0.833. The largest absolute Gasteiger partial charge is 0.457 e. The molecule has 0 amide bonds. The van der Waals surface area contributed by atoms with Gasteiger partial charge in [0.15, 0.2) is 0 Å². The van der Waals surface area contributed by atoms with E-state index in [2.05, 4.69) is 0 Å². The summed E-state index contributed by atoms with van der Waals surface area (Å²) >= 11 is 0. The molecule has 0 aromatic carbocycles. The molecule has 1 heterocycles. The number of hydrogen-bond acceptors (Lipinski definition) is 1. The first-order valence-electron chi connectivity index (χ1n) is 1.12. The second kappa shape index (κ2) is 1.01. The highest BCUT2D eigenvalue weighted by atomic mass is 28.4. The highest BCUT2D eigenvalue weighted by molar-refractivity contribution is 6.62. The fourth-order valence-corrected chi connectivity index (χ4v) is 0.650. The average molecular weight is 86.2 g/mol. The van der Waals surface area contributed by atoms with Crippen LogP contribution in [0.1, 0.15) is 0 Å². The van der Waals surface area contributed by atoms with Crippen LogP contribution in [0.3, 0.4) is 0 Å². The minimum absolute atomic E-state index is 0.833. The third-order valence-corrected chi connectivity index (χ3v) is 2.60. The van der Waals surface area contributed by atoms with Crippen LogP contribution in [0.2, 0.25) is 5.67 Å². The molecule has 1 aliphatic rings. The number of hydrogen-bond donors (Lipinski definition) is 0. The molecule has 0 N–H and O–H groups in total. The molecular formula is CH2OSi2. The van der Waals surface area contributed by atoms with E-state index < -0.39 is 0 Å². The molecule has 3 heteroatoms. The smallest absolute Gasteiger partial charge is 0.213 e. The molecule has 1 saturated heterocycles. The second-order valence-corrected chi connectivity index (χ2v) is 3.38. The first kappa shape index (κ1) is 2.62. The van der Waals surface area contributed by atoms with Crippen molar-refractivity contribution in [2.75, 3.05) is 0 Å². The second-order valence-electron chi connectivity index (χ2n) is 0.568. The zero-order valence-electron chi connectivity index (χ0n) is 2.12. The van der Waals surface area contributed by atoms with Crippen molar-refractivity contribution in [1.29, 1.82) is 0 Å². The van der Waals surface area contributed by atoms with E-state index in [0.717, 1.165) is 19.5 Å². The summed E-state index contributed by atoms with van der Waals surface area (Å²) in [6.45, 7) is 0. The Bertz CT molecular complexity index is 14.0. The highest BCUT2D eigenvalue weighted by Crippen LogP contribution is 1.87. The third kappa shape index (κ3) is 0.241. The topological polar surface area (TPSA) is 9.23 Å². The first-order chi connectivity index (χ1) is 2.00. The molecule has 4 heavy (non-hydrogen) atoms. The van der Waals surface area contributed by atoms with Crippen molar-refractivity contribution in [2.24, 2.45) is 0 Å². The van der Waals surface area contributed by atoms with Gasteiger partial charge in [-0.1, -0.05) is 0 Å². The van der Waals surface area contributed by atoms with E-state index in [9.17, 15) is 0 Å². The molecule has 4 radical (unpaired) electrons. The van der Waals surface area contributed by atoms with Gasteiger partial charge in [0.1, 0.15) is 0 Å². The molecule has 0 atom stereocenters. The monoisotopic (exact) mass is 86.0 g/mol. The van der Waals surface area contributed by atoms with E-state index in [4.69, 9.17) is 4.12 Å². The molecule has 1 rings (SSSR count). The van der Waals surface area contributed by atoms with Gasteiger partial charge in [-0.3, -0.25) is 0 Å². The van der Waals surface area contributed by atoms with Crippen LogP contribution in [0.4, 0.5) is 0 Å². The van der Waals surface area contributed by atoms with E-state index in [-0.39, 0.29) is 0 Å². The van der Waals surface area contributed by atoms with Crippen LogP contribution in [0.25, 0.3) is 0 Å². The predicted molar refractivity (Wildman–Crippen MR) is 17.4 cm³/mol. The van der Waals surface area contributed by atoms with E-state index in [0.29, 0.717) is 0 Å². The van der Waals surface area contributed by atoms with Gasteiger partial charge in [0.05, 0.1) is 0 Å². The van der Waals surface area contributed by atoms with Crippen molar-refractivity contribution < 1.29 is 4.12 Å². The lowest BCUT2D eigenvalue weighted by atomic mass is 11.9. The van der Waals surface area contributed by atoms with E-state index in [1.807, 2.05) is 0 Å². The van der Waals surface area contributed by atoms with E-state index >= 15 is 0 Å². The van der Waals surface area contributed by atoms with Gasteiger partial charge in [0.2, 0.25) is 19.5 Å². The van der Waals surface area contributed by atoms with Crippen LogP contribution in [-0.4, -0.2) is 19.5 Å². The molecule has 0 aliphatic carbocycles. The van der Waals surface area contributed by atoms with E-state index in [1.165, 1.54) is 5.67 Å². The molecule has 1 fully saturated rings. The Kier molecular flexibility index (Phi) is 0.660. The van der Waals surface area contributed by atoms with Crippen molar-refractivity contribution in [3.63, 3.8) is 0 Å². The van der Waals surface area contributed by atoms with Crippen LogP contribution >= 0.6 is 0 Å². The first-order valence-corrected chi connectivity index (χ1v) is 3.35. The van der Waals surface area contributed by atoms with Crippen molar-refractivity contribution >= 4 is 19.5 Å². The lowest BCUT2D eigenvalue weighted by Crippen LogP contribution is -2.17. The SMILES string of the molecule is C1[Si]O[Si]1. The maximum atomic E-state index is 4.78. The molecule has 0 unspecified atom stereocenters. The molecule has 20 valence electrons. The molecule has 0 spiro atoms. The normalized spacial score (nSPS) is 24.0. The minimum Gasteiger partial charge on any atom is -0.457 e. The summed E-state index contributed by atoms with van der Waals surface area (Å²) in [6.07, 6.45) is 0. The van der Waals surface area contributed by atoms with Gasteiger partial charge < -0.3 is 4.12 Å². The molecule has 1 aliphatic heterocycles. The van der Waals surface area contributed by atoms with E-state index in [1.54, 1.807) is 0 Å². The summed E-state index contributed by atoms with van der Waals surface area (Å²) in [4.78, 5) is 0. The van der Waals surface area contributed by atoms with Gasteiger partial charge in [-0.05, 0) is 5.67 Å². The van der Waals surface area contributed by atoms with Gasteiger partial charge in [-0.25, -0.2) is 0 Å². The summed E-state index contributed by atoms with van der Waals surface area (Å²) < 4.78 is 4.78. The average Bonchev–Trinajstić information content (AvgIpc) is 0.722. The molecule has 0 saturated carbocycles. The van der Waals surface area contributed by atoms with Gasteiger partial charge >= 0.3 is 0 Å². The van der Waals surface area contributed by atoms with Crippen molar-refractivity contribution in [2.45, 2.75) is 5.67 Å². The standard InChI is InChI=1S/CH2OSi2/c1-3-2-4-1/h1H2. The van der Waals surface area contributed by atoms with Crippen molar-refractivity contribution in [3.8, 4) is 0 Å². The Morgan fingerprint density at radius 1 is 1.50 bits per heavy atom. The predicted octanol–water partition coefficient (Wildman–Crippen LogP) is -0.369. The number of rotatable bonds is 0. The van der Waals surface area contributed by atoms with Crippen LogP contribution in [0, 0.1) is 0 Å². The molecule has 0 bridgehead atoms. The zero-order valence-corrected chi connectivity index (χ0v) is 4.12. The zero-order chi connectivity index (χ0) is 2.83. The summed E-state index contributed by atoms with van der Waals surface area (Å²) in [6, 6.07) is 0. The van der Waals surface area contributed by atoms with Gasteiger partial charge in [0, 0.05) is 0 Å². The Morgan fingerprint density at radius 3 is 1.75 bits per heavy atom. The van der Waals surface area contributed by atoms with Crippen LogP contribution in [0.15, 0.2) is 0 Å². The lowest BCUT2D eigenvalue weighted by molar-refractivity contribution is 0.608. The van der Waals surface area contributed by atoms with Gasteiger partial charge in [-0.2, -0.15) is 0 Å². The summed E-state index contributed by atoms with van der Waals surface area (Å²) in [5.74, 6) is 0. The Morgan fingerprint density at radius 2 is 1.75 bits per heavy atom.